The van der Waals surface area contributed by atoms with Crippen LogP contribution in [0.3, 0.4) is 0 Å². The fourth-order valence-corrected chi connectivity index (χ4v) is 6.06. The number of methoxy groups -OCH3 is 1. The van der Waals surface area contributed by atoms with Gasteiger partial charge in [-0.2, -0.15) is 0 Å². The smallest absolute Gasteiger partial charge is 0.254 e. The van der Waals surface area contributed by atoms with E-state index in [2.05, 4.69) is 46.3 Å². The third-order valence-corrected chi connectivity index (χ3v) is 8.30. The molecule has 2 aliphatic heterocycles. The third-order valence-electron chi connectivity index (χ3n) is 8.30. The number of benzene rings is 2. The van der Waals surface area contributed by atoms with Gasteiger partial charge in [0, 0.05) is 50.6 Å². The monoisotopic (exact) mass is 529 g/mol. The first kappa shape index (κ1) is 27.0. The van der Waals surface area contributed by atoms with Gasteiger partial charge in [0.25, 0.3) is 5.91 Å². The van der Waals surface area contributed by atoms with Crippen LogP contribution in [0.15, 0.2) is 71.7 Å². The molecule has 1 amide bonds. The number of aromatic amines is 1. The number of rotatable bonds is 4. The van der Waals surface area contributed by atoms with Gasteiger partial charge in [0.05, 0.1) is 7.11 Å². The number of likely N-dealkylation sites (tertiary alicyclic amines) is 1. The molecule has 206 valence electrons. The molecule has 0 unspecified atom stereocenters. The Morgan fingerprint density at radius 2 is 1.79 bits per heavy atom. The van der Waals surface area contributed by atoms with Crippen LogP contribution in [0.2, 0.25) is 0 Å². The maximum absolute atomic E-state index is 13.1. The summed E-state index contributed by atoms with van der Waals surface area (Å²) in [7, 11) is 1.69. The maximum atomic E-state index is 13.1. The predicted octanol–water partition coefficient (Wildman–Crippen LogP) is 4.91. The highest BCUT2D eigenvalue weighted by atomic mass is 16.5. The Hall–Kier alpha value is -3.58. The molecule has 0 atom stereocenters. The summed E-state index contributed by atoms with van der Waals surface area (Å²) in [4.78, 5) is 31.9. The molecule has 1 spiro atoms. The van der Waals surface area contributed by atoms with Crippen molar-refractivity contribution in [1.29, 1.82) is 0 Å². The van der Waals surface area contributed by atoms with Crippen molar-refractivity contribution in [2.45, 2.75) is 45.1 Å². The van der Waals surface area contributed by atoms with Crippen LogP contribution in [-0.2, 0) is 13.0 Å². The minimum Gasteiger partial charge on any atom is -0.497 e. The molecule has 7 nitrogen and oxygen atoms in total. The van der Waals surface area contributed by atoms with Crippen LogP contribution >= 0.6 is 0 Å². The zero-order valence-electron chi connectivity index (χ0n) is 22.9. The van der Waals surface area contributed by atoms with Gasteiger partial charge in [0.2, 0.25) is 5.56 Å². The van der Waals surface area contributed by atoms with E-state index in [0.29, 0.717) is 25.3 Å². The average Bonchev–Trinajstić information content (AvgIpc) is 2.96. The molecular formula is C32H39N3O4. The molecule has 0 radical (unpaired) electrons. The number of H-pyrrole nitrogens is 1. The van der Waals surface area contributed by atoms with Crippen LogP contribution in [0.1, 0.15) is 53.6 Å². The van der Waals surface area contributed by atoms with Gasteiger partial charge in [-0.3, -0.25) is 14.5 Å². The Morgan fingerprint density at radius 3 is 2.56 bits per heavy atom. The molecule has 5 rings (SSSR count). The molecule has 1 fully saturated rings. The third kappa shape index (κ3) is 6.90. The zero-order chi connectivity index (χ0) is 27.1. The standard InChI is InChI=1S/C32H39N3O4/c1-38-28-11-9-25(10-12-28)23-34-20-21-39-29-8-3-2-6-26(29)7-4-5-14-32(24-34)15-18-35(19-16-32)31(37)27-13-17-33-30(36)22-27/h2-3,6,8-13,17,22H,4-5,7,14-16,18-21,23-24H2,1H3,(H,33,36). The summed E-state index contributed by atoms with van der Waals surface area (Å²) in [5, 5.41) is 0. The van der Waals surface area contributed by atoms with Crippen LogP contribution in [0.4, 0.5) is 0 Å². The van der Waals surface area contributed by atoms with Crippen molar-refractivity contribution in [3.05, 3.63) is 93.9 Å². The van der Waals surface area contributed by atoms with Crippen molar-refractivity contribution in [3.63, 3.8) is 0 Å². The second kappa shape index (κ2) is 12.5. The number of para-hydroxylation sites is 1. The van der Waals surface area contributed by atoms with Gasteiger partial charge >= 0.3 is 0 Å². The second-order valence-electron chi connectivity index (χ2n) is 11.0. The molecule has 7 heteroatoms. The van der Waals surface area contributed by atoms with Gasteiger partial charge < -0.3 is 19.4 Å². The lowest BCUT2D eigenvalue weighted by molar-refractivity contribution is 0.0361. The number of fused-ring (bicyclic) bond motifs is 1. The van der Waals surface area contributed by atoms with E-state index in [1.165, 1.54) is 17.2 Å². The number of amides is 1. The van der Waals surface area contributed by atoms with Gasteiger partial charge in [0.1, 0.15) is 18.1 Å². The van der Waals surface area contributed by atoms with E-state index in [1.807, 2.05) is 17.0 Å². The number of carbonyl (C=O) groups excluding carboxylic acids is 1. The largest absolute Gasteiger partial charge is 0.497 e. The molecular weight excluding hydrogens is 490 g/mol. The van der Waals surface area contributed by atoms with E-state index >= 15 is 0 Å². The minimum atomic E-state index is -0.244. The Labute approximate surface area is 230 Å². The van der Waals surface area contributed by atoms with Crippen molar-refractivity contribution in [1.82, 2.24) is 14.8 Å². The summed E-state index contributed by atoms with van der Waals surface area (Å²) in [5.41, 5.74) is 2.89. The van der Waals surface area contributed by atoms with E-state index in [1.54, 1.807) is 19.4 Å². The van der Waals surface area contributed by atoms with Gasteiger partial charge in [-0.25, -0.2) is 0 Å². The first-order chi connectivity index (χ1) is 19.0. The lowest BCUT2D eigenvalue weighted by Gasteiger charge is -2.45. The second-order valence-corrected chi connectivity index (χ2v) is 11.0. The van der Waals surface area contributed by atoms with Gasteiger partial charge in [0.15, 0.2) is 0 Å². The Morgan fingerprint density at radius 1 is 1.00 bits per heavy atom. The number of piperidine rings is 1. The summed E-state index contributed by atoms with van der Waals surface area (Å²) in [5.74, 6) is 1.81. The van der Waals surface area contributed by atoms with Crippen LogP contribution < -0.4 is 15.0 Å². The molecule has 1 saturated heterocycles. The van der Waals surface area contributed by atoms with Crippen molar-refractivity contribution >= 4 is 5.91 Å². The highest BCUT2D eigenvalue weighted by molar-refractivity contribution is 5.94. The van der Waals surface area contributed by atoms with Crippen molar-refractivity contribution in [2.75, 3.05) is 39.9 Å². The molecule has 0 bridgehead atoms. The topological polar surface area (TPSA) is 74.9 Å². The highest BCUT2D eigenvalue weighted by Gasteiger charge is 2.37. The number of hydrogen-bond donors (Lipinski definition) is 1. The van der Waals surface area contributed by atoms with Crippen molar-refractivity contribution in [3.8, 4) is 11.5 Å². The number of pyridine rings is 1. The normalized spacial score (nSPS) is 18.3. The molecule has 3 aromatic rings. The number of hydrogen-bond acceptors (Lipinski definition) is 5. The summed E-state index contributed by atoms with van der Waals surface area (Å²) >= 11 is 0. The lowest BCUT2D eigenvalue weighted by atomic mass is 9.73. The first-order valence-corrected chi connectivity index (χ1v) is 14.1. The number of nitrogens with one attached hydrogen (secondary N) is 1. The first-order valence-electron chi connectivity index (χ1n) is 14.1. The van der Waals surface area contributed by atoms with Gasteiger partial charge in [-0.1, -0.05) is 36.8 Å². The van der Waals surface area contributed by atoms with Gasteiger partial charge in [-0.05, 0) is 72.9 Å². The molecule has 2 aromatic carbocycles. The number of nitrogens with zero attached hydrogens (tertiary/aromatic N) is 2. The fraction of sp³-hybridized carbons (Fsp3) is 0.438. The number of ether oxygens (including phenoxy) is 2. The van der Waals surface area contributed by atoms with Crippen LogP contribution in [-0.4, -0.2) is 60.6 Å². The maximum Gasteiger partial charge on any atom is 0.254 e. The fourth-order valence-electron chi connectivity index (χ4n) is 6.06. The Kier molecular flexibility index (Phi) is 8.67. The molecule has 0 aliphatic carbocycles. The van der Waals surface area contributed by atoms with Crippen molar-refractivity contribution in [2.24, 2.45) is 5.41 Å². The van der Waals surface area contributed by atoms with E-state index < -0.39 is 0 Å². The summed E-state index contributed by atoms with van der Waals surface area (Å²) < 4.78 is 11.7. The quantitative estimate of drug-likeness (QED) is 0.520. The average molecular weight is 530 g/mol. The van der Waals surface area contributed by atoms with Crippen LogP contribution in [0, 0.1) is 5.41 Å². The lowest BCUT2D eigenvalue weighted by Crippen LogP contribution is -2.48. The van der Waals surface area contributed by atoms with E-state index in [4.69, 9.17) is 9.47 Å². The van der Waals surface area contributed by atoms with Crippen LogP contribution in [0.25, 0.3) is 0 Å². The highest BCUT2D eigenvalue weighted by Crippen LogP contribution is 2.39. The molecule has 39 heavy (non-hydrogen) atoms. The van der Waals surface area contributed by atoms with E-state index in [9.17, 15) is 9.59 Å². The van der Waals surface area contributed by atoms with Crippen molar-refractivity contribution < 1.29 is 14.3 Å². The number of carbonyl (C=O) groups is 1. The van der Waals surface area contributed by atoms with Gasteiger partial charge in [-0.15, -0.1) is 0 Å². The molecule has 0 saturated carbocycles. The molecule has 2 aliphatic rings. The summed E-state index contributed by atoms with van der Waals surface area (Å²) in [6.07, 6.45) is 7.89. The number of aryl methyl sites for hydroxylation is 1. The summed E-state index contributed by atoms with van der Waals surface area (Å²) in [6, 6.07) is 19.8. The SMILES string of the molecule is COc1ccc(CN2CCOc3ccccc3CCCCC3(CCN(C(=O)c4cc[nH]c(=O)c4)CC3)C2)cc1. The number of aromatic nitrogens is 1. The molecule has 1 N–H and O–H groups in total. The molecule has 1 aromatic heterocycles. The minimum absolute atomic E-state index is 0.0517. The zero-order valence-corrected chi connectivity index (χ0v) is 22.9. The predicted molar refractivity (Wildman–Crippen MR) is 152 cm³/mol. The van der Waals surface area contributed by atoms with Crippen LogP contribution in [0.5, 0.6) is 11.5 Å². The Bertz CT molecular complexity index is 1300. The van der Waals surface area contributed by atoms with E-state index in [0.717, 1.165) is 69.7 Å². The Balaban J connectivity index is 1.33. The molecule has 3 heterocycles. The van der Waals surface area contributed by atoms with E-state index in [-0.39, 0.29) is 16.9 Å². The summed E-state index contributed by atoms with van der Waals surface area (Å²) in [6.45, 7) is 4.69.